The molecule has 0 amide bonds. The van der Waals surface area contributed by atoms with Gasteiger partial charge in [-0.25, -0.2) is 4.98 Å². The van der Waals surface area contributed by atoms with Crippen molar-refractivity contribution in [3.63, 3.8) is 0 Å². The summed E-state index contributed by atoms with van der Waals surface area (Å²) >= 11 is 3.68. The molecule has 0 saturated carbocycles. The number of hydrogen-bond donors (Lipinski definition) is 0. The highest BCUT2D eigenvalue weighted by Crippen LogP contribution is 2.50. The maximum atomic E-state index is 5.33. The molecular weight excluding hydrogens is 675 g/mol. The van der Waals surface area contributed by atoms with Gasteiger partial charge in [0.15, 0.2) is 11.6 Å². The normalized spacial score (nSPS) is 12.6. The van der Waals surface area contributed by atoms with E-state index in [9.17, 15) is 0 Å². The van der Waals surface area contributed by atoms with Gasteiger partial charge in [-0.1, -0.05) is 91.0 Å². The molecule has 0 aliphatic carbocycles. The van der Waals surface area contributed by atoms with Crippen LogP contribution in [0.4, 0.5) is 0 Å². The molecule has 0 radical (unpaired) electrons. The van der Waals surface area contributed by atoms with Gasteiger partial charge in [-0.3, -0.25) is 4.57 Å². The third-order valence-corrected chi connectivity index (χ3v) is 13.2. The molecule has 0 saturated heterocycles. The lowest BCUT2D eigenvalue weighted by molar-refractivity contribution is 0.954. The van der Waals surface area contributed by atoms with Crippen LogP contribution in [0.1, 0.15) is 0 Å². The van der Waals surface area contributed by atoms with E-state index in [2.05, 4.69) is 130 Å². The van der Waals surface area contributed by atoms with E-state index in [1.807, 2.05) is 40.9 Å². The van der Waals surface area contributed by atoms with Crippen molar-refractivity contribution < 1.29 is 0 Å². The van der Waals surface area contributed by atoms with Crippen LogP contribution in [0.2, 0.25) is 0 Å². The average Bonchev–Trinajstić information content (AvgIpc) is 3.92. The van der Waals surface area contributed by atoms with Gasteiger partial charge in [-0.15, -0.1) is 22.7 Å². The number of aromatic nitrogens is 5. The molecule has 13 aromatic rings. The van der Waals surface area contributed by atoms with Gasteiger partial charge in [-0.2, -0.15) is 9.97 Å². The predicted molar refractivity (Wildman–Crippen MR) is 219 cm³/mol. The van der Waals surface area contributed by atoms with E-state index >= 15 is 0 Å². The third-order valence-electron chi connectivity index (χ3n) is 10.9. The fourth-order valence-electron chi connectivity index (χ4n) is 8.76. The number of thiophene rings is 2. The molecule has 5 nitrogen and oxygen atoms in total. The number of benzene rings is 7. The van der Waals surface area contributed by atoms with Crippen molar-refractivity contribution in [3.8, 4) is 28.7 Å². The summed E-state index contributed by atoms with van der Waals surface area (Å²) in [6.45, 7) is 0. The molecule has 13 rings (SSSR count). The lowest BCUT2D eigenvalue weighted by atomic mass is 10.0. The SMILES string of the molecule is c1ccc(-c2nc(-c3ccc4c(c3)sc3ccccc34)nc(-n3c4ccc5sc6ccc7c8ccccc8n8c9cccc3c9c4c5c6c78)n2)cc1. The number of para-hydroxylation sites is 1. The zero-order chi connectivity index (χ0) is 33.7. The Labute approximate surface area is 302 Å². The zero-order valence-corrected chi connectivity index (χ0v) is 29.0. The second kappa shape index (κ2) is 9.67. The topological polar surface area (TPSA) is 48.0 Å². The molecule has 0 fully saturated rings. The van der Waals surface area contributed by atoms with Crippen molar-refractivity contribution >= 4 is 112 Å². The van der Waals surface area contributed by atoms with Crippen molar-refractivity contribution in [2.75, 3.05) is 0 Å². The van der Waals surface area contributed by atoms with E-state index in [-0.39, 0.29) is 0 Å². The second-order valence-corrected chi connectivity index (χ2v) is 15.8. The van der Waals surface area contributed by atoms with Crippen molar-refractivity contribution in [1.29, 1.82) is 0 Å². The van der Waals surface area contributed by atoms with Crippen LogP contribution in [-0.4, -0.2) is 23.9 Å². The fraction of sp³-hybridized carbons (Fsp3) is 0. The largest absolute Gasteiger partial charge is 0.308 e. The van der Waals surface area contributed by atoms with Crippen LogP contribution in [-0.2, 0) is 0 Å². The van der Waals surface area contributed by atoms with Gasteiger partial charge in [0.2, 0.25) is 5.95 Å². The highest BCUT2D eigenvalue weighted by atomic mass is 32.1. The van der Waals surface area contributed by atoms with E-state index in [1.165, 1.54) is 78.4 Å². The minimum Gasteiger partial charge on any atom is -0.308 e. The zero-order valence-electron chi connectivity index (χ0n) is 27.3. The van der Waals surface area contributed by atoms with Crippen LogP contribution in [0, 0.1) is 0 Å². The highest BCUT2D eigenvalue weighted by molar-refractivity contribution is 7.26. The molecule has 240 valence electrons. The molecule has 7 aromatic carbocycles. The lowest BCUT2D eigenvalue weighted by Crippen LogP contribution is -2.06. The van der Waals surface area contributed by atoms with Gasteiger partial charge in [0, 0.05) is 73.0 Å². The molecule has 0 aliphatic heterocycles. The molecule has 0 spiro atoms. The van der Waals surface area contributed by atoms with Crippen LogP contribution >= 0.6 is 22.7 Å². The van der Waals surface area contributed by atoms with Gasteiger partial charge in [0.25, 0.3) is 0 Å². The molecule has 7 heteroatoms. The first-order valence-corrected chi connectivity index (χ1v) is 19.0. The predicted octanol–water partition coefficient (Wildman–Crippen LogP) is 12.5. The van der Waals surface area contributed by atoms with Gasteiger partial charge < -0.3 is 4.40 Å². The summed E-state index contributed by atoms with van der Waals surface area (Å²) < 4.78 is 9.86. The van der Waals surface area contributed by atoms with Gasteiger partial charge in [-0.05, 0) is 48.5 Å². The summed E-state index contributed by atoms with van der Waals surface area (Å²) in [5.74, 6) is 1.92. The molecule has 52 heavy (non-hydrogen) atoms. The van der Waals surface area contributed by atoms with Crippen LogP contribution in [0.5, 0.6) is 0 Å². The number of rotatable bonds is 3. The maximum Gasteiger partial charge on any atom is 0.238 e. The number of nitrogens with zero attached hydrogens (tertiary/aromatic N) is 5. The van der Waals surface area contributed by atoms with Gasteiger partial charge in [0.1, 0.15) is 0 Å². The Morgan fingerprint density at radius 3 is 1.98 bits per heavy atom. The average molecular weight is 698 g/mol. The van der Waals surface area contributed by atoms with Crippen LogP contribution in [0.15, 0.2) is 140 Å². The molecule has 0 aliphatic rings. The van der Waals surface area contributed by atoms with Crippen LogP contribution < -0.4 is 0 Å². The molecule has 0 N–H and O–H groups in total. The van der Waals surface area contributed by atoms with Crippen molar-refractivity contribution in [3.05, 3.63) is 140 Å². The smallest absolute Gasteiger partial charge is 0.238 e. The molecule has 6 heterocycles. The first-order chi connectivity index (χ1) is 25.8. The first-order valence-electron chi connectivity index (χ1n) is 17.4. The maximum absolute atomic E-state index is 5.33. The van der Waals surface area contributed by atoms with Crippen LogP contribution in [0.3, 0.4) is 0 Å². The summed E-state index contributed by atoms with van der Waals surface area (Å²) in [5, 5.41) is 10.2. The van der Waals surface area contributed by atoms with Gasteiger partial charge in [0.05, 0.1) is 27.6 Å². The minimum atomic E-state index is 0.611. The Morgan fingerprint density at radius 1 is 0.385 bits per heavy atom. The second-order valence-electron chi connectivity index (χ2n) is 13.6. The first kappa shape index (κ1) is 27.3. The summed E-state index contributed by atoms with van der Waals surface area (Å²) in [6, 6.07) is 50.1. The molecule has 0 bridgehead atoms. The third kappa shape index (κ3) is 3.40. The monoisotopic (exact) mass is 697 g/mol. The summed E-state index contributed by atoms with van der Waals surface area (Å²) in [6.07, 6.45) is 0. The fourth-order valence-corrected chi connectivity index (χ4v) is 11.0. The molecule has 0 atom stereocenters. The lowest BCUT2D eigenvalue weighted by Gasteiger charge is -2.11. The van der Waals surface area contributed by atoms with E-state index in [1.54, 1.807) is 0 Å². The summed E-state index contributed by atoms with van der Waals surface area (Å²) in [4.78, 5) is 15.7. The van der Waals surface area contributed by atoms with E-state index < -0.39 is 0 Å². The Kier molecular flexibility index (Phi) is 5.08. The van der Waals surface area contributed by atoms with E-state index in [0.29, 0.717) is 17.6 Å². The van der Waals surface area contributed by atoms with Crippen LogP contribution in [0.25, 0.3) is 118 Å². The quantitative estimate of drug-likeness (QED) is 0.185. The Balaban J connectivity index is 1.18. The van der Waals surface area contributed by atoms with E-state index in [0.717, 1.165) is 22.2 Å². The standard InChI is InChI=1S/C45H23N5S2/c1-2-9-24(10-3-1)43-46-44(25-17-18-28-27-12-5-7-16-34(27)51-37(28)23-25)48-45(47-43)50-32-15-8-14-31-38(32)39-33(50)20-22-35-40(39)41-36(52-35)21-19-29-26-11-4-6-13-30(26)49(31)42(29)41/h1-23H. The van der Waals surface area contributed by atoms with Crippen molar-refractivity contribution in [2.45, 2.75) is 0 Å². The summed E-state index contributed by atoms with van der Waals surface area (Å²) in [7, 11) is 0. The number of fused-ring (bicyclic) bond motifs is 7. The van der Waals surface area contributed by atoms with Gasteiger partial charge >= 0.3 is 0 Å². The molecular formula is C45H23N5S2. The molecule has 0 unspecified atom stereocenters. The Morgan fingerprint density at radius 2 is 1.06 bits per heavy atom. The Hall–Kier alpha value is -6.41. The number of hydrogen-bond acceptors (Lipinski definition) is 5. The Bertz CT molecular complexity index is 3590. The molecule has 6 aromatic heterocycles. The highest BCUT2D eigenvalue weighted by Gasteiger charge is 2.26. The summed E-state index contributed by atoms with van der Waals surface area (Å²) in [5.41, 5.74) is 7.79. The van der Waals surface area contributed by atoms with Crippen molar-refractivity contribution in [2.24, 2.45) is 0 Å². The minimum absolute atomic E-state index is 0.611. The van der Waals surface area contributed by atoms with Crippen molar-refractivity contribution in [1.82, 2.24) is 23.9 Å². The van der Waals surface area contributed by atoms with E-state index in [4.69, 9.17) is 15.0 Å².